The molecule has 0 aliphatic heterocycles. The molecule has 0 unspecified atom stereocenters. The minimum atomic E-state index is 0.458. The van der Waals surface area contributed by atoms with Crippen molar-refractivity contribution < 1.29 is 0 Å². The third-order valence-corrected chi connectivity index (χ3v) is 5.96. The van der Waals surface area contributed by atoms with E-state index < -0.39 is 0 Å². The van der Waals surface area contributed by atoms with E-state index in [1.54, 1.807) is 0 Å². The lowest BCUT2D eigenvalue weighted by atomic mass is 9.79. The van der Waals surface area contributed by atoms with E-state index in [9.17, 15) is 0 Å². The molecule has 0 atom stereocenters. The third-order valence-electron chi connectivity index (χ3n) is 5.96. The first-order valence-corrected chi connectivity index (χ1v) is 8.73. The summed E-state index contributed by atoms with van der Waals surface area (Å²) in [5.74, 6) is 3.21. The van der Waals surface area contributed by atoms with Crippen molar-refractivity contribution in [2.24, 2.45) is 17.8 Å². The predicted molar refractivity (Wildman–Crippen MR) is 81.3 cm³/mol. The Kier molecular flexibility index (Phi) is 4.48. The summed E-state index contributed by atoms with van der Waals surface area (Å²) in [4.78, 5) is 0. The van der Waals surface area contributed by atoms with Crippen molar-refractivity contribution in [2.75, 3.05) is 20.1 Å². The van der Waals surface area contributed by atoms with Gasteiger partial charge in [-0.1, -0.05) is 19.3 Å². The van der Waals surface area contributed by atoms with Gasteiger partial charge in [-0.2, -0.15) is 0 Å². The first-order valence-electron chi connectivity index (χ1n) is 8.73. The lowest BCUT2D eigenvalue weighted by Gasteiger charge is -2.37. The molecule has 0 aromatic rings. The van der Waals surface area contributed by atoms with Crippen molar-refractivity contribution in [1.29, 1.82) is 0 Å². The van der Waals surface area contributed by atoms with Crippen molar-refractivity contribution in [2.45, 2.75) is 69.7 Å². The van der Waals surface area contributed by atoms with Crippen LogP contribution in [0.2, 0.25) is 0 Å². The summed E-state index contributed by atoms with van der Waals surface area (Å²) in [7, 11) is 2.17. The van der Waals surface area contributed by atoms with Crippen molar-refractivity contribution >= 4 is 0 Å². The second-order valence-corrected chi connectivity index (χ2v) is 7.38. The SMILES string of the molecule is CNC1(CCNCC(C2CC2)C2CC2)CCCCC1. The number of nitrogens with one attached hydrogen (secondary N) is 2. The maximum atomic E-state index is 3.79. The molecule has 3 saturated carbocycles. The third kappa shape index (κ3) is 3.72. The van der Waals surface area contributed by atoms with Gasteiger partial charge in [0.15, 0.2) is 0 Å². The van der Waals surface area contributed by atoms with Gasteiger partial charge in [-0.25, -0.2) is 0 Å². The summed E-state index contributed by atoms with van der Waals surface area (Å²) in [5, 5.41) is 7.43. The van der Waals surface area contributed by atoms with Gasteiger partial charge in [0.25, 0.3) is 0 Å². The summed E-state index contributed by atoms with van der Waals surface area (Å²) in [5.41, 5.74) is 0.458. The fourth-order valence-corrected chi connectivity index (χ4v) is 4.22. The van der Waals surface area contributed by atoms with E-state index in [2.05, 4.69) is 17.7 Å². The monoisotopic (exact) mass is 264 g/mol. The number of rotatable bonds is 8. The van der Waals surface area contributed by atoms with Crippen LogP contribution in [-0.2, 0) is 0 Å². The van der Waals surface area contributed by atoms with Crippen LogP contribution in [0.25, 0.3) is 0 Å². The van der Waals surface area contributed by atoms with Crippen molar-refractivity contribution in [3.63, 3.8) is 0 Å². The van der Waals surface area contributed by atoms with Crippen molar-refractivity contribution in [3.8, 4) is 0 Å². The van der Waals surface area contributed by atoms with Crippen LogP contribution in [0.5, 0.6) is 0 Å². The van der Waals surface area contributed by atoms with Crippen LogP contribution < -0.4 is 10.6 Å². The van der Waals surface area contributed by atoms with Gasteiger partial charge in [0.1, 0.15) is 0 Å². The molecule has 3 rings (SSSR count). The van der Waals surface area contributed by atoms with Crippen molar-refractivity contribution in [3.05, 3.63) is 0 Å². The molecule has 3 fully saturated rings. The van der Waals surface area contributed by atoms with E-state index in [0.29, 0.717) is 5.54 Å². The van der Waals surface area contributed by atoms with Gasteiger partial charge in [0.05, 0.1) is 0 Å². The zero-order valence-corrected chi connectivity index (χ0v) is 12.7. The second-order valence-electron chi connectivity index (χ2n) is 7.38. The number of hydrogen-bond acceptors (Lipinski definition) is 2. The predicted octanol–water partition coefficient (Wildman–Crippen LogP) is 3.32. The topological polar surface area (TPSA) is 24.1 Å². The second kappa shape index (κ2) is 6.13. The van der Waals surface area contributed by atoms with Gasteiger partial charge in [0, 0.05) is 5.54 Å². The standard InChI is InChI=1S/C17H32N2/c1-18-17(9-3-2-4-10-17)11-12-19-13-16(14-5-6-14)15-7-8-15/h14-16,18-19H,2-13H2,1H3. The molecule has 0 amide bonds. The maximum absolute atomic E-state index is 3.79. The Labute approximate surface area is 119 Å². The summed E-state index contributed by atoms with van der Waals surface area (Å²) in [6.45, 7) is 2.52. The summed E-state index contributed by atoms with van der Waals surface area (Å²) in [6.07, 6.45) is 14.5. The minimum Gasteiger partial charge on any atom is -0.316 e. The molecule has 19 heavy (non-hydrogen) atoms. The van der Waals surface area contributed by atoms with Gasteiger partial charge >= 0.3 is 0 Å². The molecule has 0 bridgehead atoms. The average Bonchev–Trinajstić information content (AvgIpc) is 3.32. The Balaban J connectivity index is 1.37. The first-order chi connectivity index (χ1) is 9.33. The van der Waals surface area contributed by atoms with Gasteiger partial charge in [-0.05, 0) is 82.8 Å². The highest BCUT2D eigenvalue weighted by molar-refractivity contribution is 4.93. The van der Waals surface area contributed by atoms with Crippen LogP contribution >= 0.6 is 0 Å². The van der Waals surface area contributed by atoms with E-state index in [1.165, 1.54) is 77.3 Å². The molecule has 110 valence electrons. The summed E-state index contributed by atoms with van der Waals surface area (Å²) in [6, 6.07) is 0. The molecule has 0 radical (unpaired) electrons. The summed E-state index contributed by atoms with van der Waals surface area (Å²) >= 11 is 0. The molecule has 0 spiro atoms. The largest absolute Gasteiger partial charge is 0.316 e. The molecule has 0 saturated heterocycles. The normalized spacial score (nSPS) is 26.8. The Morgan fingerprint density at radius 1 is 1.00 bits per heavy atom. The molecular weight excluding hydrogens is 232 g/mol. The zero-order chi connectivity index (χ0) is 13.1. The highest BCUT2D eigenvalue weighted by Crippen LogP contribution is 2.48. The minimum absolute atomic E-state index is 0.458. The molecule has 2 nitrogen and oxygen atoms in total. The molecule has 0 aromatic heterocycles. The molecule has 2 heteroatoms. The van der Waals surface area contributed by atoms with E-state index in [-0.39, 0.29) is 0 Å². The van der Waals surface area contributed by atoms with Crippen LogP contribution in [0.1, 0.15) is 64.2 Å². The van der Waals surface area contributed by atoms with Crippen LogP contribution in [-0.4, -0.2) is 25.7 Å². The average molecular weight is 264 g/mol. The lowest BCUT2D eigenvalue weighted by molar-refractivity contribution is 0.225. The van der Waals surface area contributed by atoms with Gasteiger partial charge in [0.2, 0.25) is 0 Å². The molecule has 0 heterocycles. The molecule has 3 aliphatic carbocycles. The number of hydrogen-bond donors (Lipinski definition) is 2. The van der Waals surface area contributed by atoms with Crippen LogP contribution in [0.4, 0.5) is 0 Å². The van der Waals surface area contributed by atoms with Gasteiger partial charge < -0.3 is 10.6 Å². The fourth-order valence-electron chi connectivity index (χ4n) is 4.22. The van der Waals surface area contributed by atoms with E-state index >= 15 is 0 Å². The highest BCUT2D eigenvalue weighted by atomic mass is 15.0. The first kappa shape index (κ1) is 13.9. The Morgan fingerprint density at radius 2 is 1.63 bits per heavy atom. The van der Waals surface area contributed by atoms with Gasteiger partial charge in [-0.15, -0.1) is 0 Å². The zero-order valence-electron chi connectivity index (χ0n) is 12.7. The van der Waals surface area contributed by atoms with Gasteiger partial charge in [-0.3, -0.25) is 0 Å². The Morgan fingerprint density at radius 3 is 2.16 bits per heavy atom. The fraction of sp³-hybridized carbons (Fsp3) is 1.00. The van der Waals surface area contributed by atoms with Crippen LogP contribution in [0.3, 0.4) is 0 Å². The molecule has 2 N–H and O–H groups in total. The quantitative estimate of drug-likeness (QED) is 0.657. The lowest BCUT2D eigenvalue weighted by Crippen LogP contribution is -2.46. The van der Waals surface area contributed by atoms with Crippen molar-refractivity contribution in [1.82, 2.24) is 10.6 Å². The highest BCUT2D eigenvalue weighted by Gasteiger charge is 2.40. The summed E-state index contributed by atoms with van der Waals surface area (Å²) < 4.78 is 0. The molecule has 0 aromatic carbocycles. The molecule has 3 aliphatic rings. The van der Waals surface area contributed by atoms with E-state index in [0.717, 1.165) is 17.8 Å². The van der Waals surface area contributed by atoms with Crippen LogP contribution in [0, 0.1) is 17.8 Å². The Hall–Kier alpha value is -0.0800. The van der Waals surface area contributed by atoms with E-state index in [4.69, 9.17) is 0 Å². The van der Waals surface area contributed by atoms with Crippen LogP contribution in [0.15, 0.2) is 0 Å². The Bertz CT molecular complexity index is 263. The molecular formula is C17H32N2. The maximum Gasteiger partial charge on any atom is 0.0190 e. The smallest absolute Gasteiger partial charge is 0.0190 e. The van der Waals surface area contributed by atoms with E-state index in [1.807, 2.05) is 0 Å².